The first-order valence-corrected chi connectivity index (χ1v) is 9.12. The fourth-order valence-corrected chi connectivity index (χ4v) is 3.80. The SMILES string of the molecule is Cc1c2cc(C(C)(C)C)cc1CCC1(Br)C=CC(=C[CH+]1)CC2. The lowest BCUT2D eigenvalue weighted by Crippen LogP contribution is -2.21. The molecule has 3 aliphatic carbocycles. The maximum absolute atomic E-state index is 3.92. The summed E-state index contributed by atoms with van der Waals surface area (Å²) in [6, 6.07) is 4.89. The van der Waals surface area contributed by atoms with Crippen molar-refractivity contribution in [3.8, 4) is 0 Å². The van der Waals surface area contributed by atoms with E-state index in [4.69, 9.17) is 0 Å². The highest BCUT2D eigenvalue weighted by Crippen LogP contribution is 2.37. The summed E-state index contributed by atoms with van der Waals surface area (Å²) in [6.45, 7) is 9.26. The van der Waals surface area contributed by atoms with Crippen molar-refractivity contribution < 1.29 is 0 Å². The van der Waals surface area contributed by atoms with Gasteiger partial charge in [0.2, 0.25) is 0 Å². The predicted molar refractivity (Wildman–Crippen MR) is 99.7 cm³/mol. The van der Waals surface area contributed by atoms with Gasteiger partial charge in [0, 0.05) is 12.5 Å². The molecule has 3 aliphatic rings. The third-order valence-corrected chi connectivity index (χ3v) is 6.02. The van der Waals surface area contributed by atoms with E-state index in [9.17, 15) is 0 Å². The van der Waals surface area contributed by atoms with Crippen LogP contribution in [0.2, 0.25) is 0 Å². The van der Waals surface area contributed by atoms with Gasteiger partial charge in [0.25, 0.3) is 0 Å². The van der Waals surface area contributed by atoms with Crippen LogP contribution < -0.4 is 0 Å². The van der Waals surface area contributed by atoms with Gasteiger partial charge < -0.3 is 0 Å². The van der Waals surface area contributed by atoms with E-state index in [1.54, 1.807) is 0 Å². The zero-order valence-electron chi connectivity index (χ0n) is 14.2. The van der Waals surface area contributed by atoms with Crippen molar-refractivity contribution in [1.82, 2.24) is 0 Å². The number of benzene rings is 1. The quantitative estimate of drug-likeness (QED) is 0.394. The summed E-state index contributed by atoms with van der Waals surface area (Å²) in [4.78, 5) is 0. The van der Waals surface area contributed by atoms with Crippen LogP contribution in [0, 0.1) is 13.3 Å². The van der Waals surface area contributed by atoms with Crippen molar-refractivity contribution in [2.45, 2.75) is 63.1 Å². The van der Waals surface area contributed by atoms with Crippen LogP contribution >= 0.6 is 15.9 Å². The van der Waals surface area contributed by atoms with Gasteiger partial charge in [-0.25, -0.2) is 0 Å². The third-order valence-electron chi connectivity index (χ3n) is 5.10. The van der Waals surface area contributed by atoms with E-state index in [0.717, 1.165) is 25.7 Å². The summed E-state index contributed by atoms with van der Waals surface area (Å²) in [7, 11) is 0. The summed E-state index contributed by atoms with van der Waals surface area (Å²) in [6.07, 6.45) is 13.8. The minimum atomic E-state index is 0.0329. The van der Waals surface area contributed by atoms with Crippen LogP contribution in [0.3, 0.4) is 0 Å². The number of alkyl halides is 1. The normalized spacial score (nSPS) is 24.5. The average Bonchev–Trinajstić information content (AvgIpc) is 2.47. The fourth-order valence-electron chi connectivity index (χ4n) is 3.33. The number of halogens is 1. The zero-order valence-corrected chi connectivity index (χ0v) is 15.8. The Morgan fingerprint density at radius 3 is 2.36 bits per heavy atom. The minimum Gasteiger partial charge on any atom is -0.0561 e. The van der Waals surface area contributed by atoms with Crippen LogP contribution in [0.4, 0.5) is 0 Å². The first kappa shape index (κ1) is 15.9. The van der Waals surface area contributed by atoms with Crippen molar-refractivity contribution >= 4 is 15.9 Å². The molecule has 0 amide bonds. The molecule has 0 saturated heterocycles. The third kappa shape index (κ3) is 3.20. The Labute approximate surface area is 143 Å². The molecule has 1 atom stereocenters. The molecular weight excluding hydrogens is 332 g/mol. The molecule has 0 fully saturated rings. The van der Waals surface area contributed by atoms with Crippen molar-refractivity contribution in [2.24, 2.45) is 0 Å². The summed E-state index contributed by atoms with van der Waals surface area (Å²) >= 11 is 3.92. The van der Waals surface area contributed by atoms with Crippen LogP contribution in [-0.2, 0) is 18.3 Å². The molecule has 22 heavy (non-hydrogen) atoms. The summed E-state index contributed by atoms with van der Waals surface area (Å²) in [5.41, 5.74) is 7.70. The standard InChI is InChI=1S/C21H26Br/c1-15-17-6-5-16-7-10-21(22,11-8-16)12-9-18(15)14-19(13-17)20(2,3)4/h7-8,10-11,13-14H,5-6,9,12H2,1-4H3/q+1. The Morgan fingerprint density at radius 1 is 1.09 bits per heavy atom. The highest BCUT2D eigenvalue weighted by Gasteiger charge is 2.32. The van der Waals surface area contributed by atoms with Crippen molar-refractivity contribution in [3.05, 3.63) is 64.6 Å². The Balaban J connectivity index is 2.05. The van der Waals surface area contributed by atoms with E-state index >= 15 is 0 Å². The minimum absolute atomic E-state index is 0.0329. The van der Waals surface area contributed by atoms with Gasteiger partial charge in [0.1, 0.15) is 4.32 Å². The van der Waals surface area contributed by atoms with Gasteiger partial charge >= 0.3 is 0 Å². The number of rotatable bonds is 0. The molecule has 0 heterocycles. The molecule has 1 aromatic rings. The van der Waals surface area contributed by atoms with Gasteiger partial charge in [0.05, 0.1) is 18.1 Å². The molecule has 0 aliphatic heterocycles. The van der Waals surface area contributed by atoms with Crippen molar-refractivity contribution in [1.29, 1.82) is 0 Å². The molecule has 1 heteroatoms. The van der Waals surface area contributed by atoms with Crippen molar-refractivity contribution in [2.75, 3.05) is 0 Å². The Hall–Kier alpha value is -0.950. The highest BCUT2D eigenvalue weighted by atomic mass is 79.9. The first-order valence-electron chi connectivity index (χ1n) is 8.33. The van der Waals surface area contributed by atoms with Crippen LogP contribution in [0.1, 0.15) is 55.9 Å². The van der Waals surface area contributed by atoms with Crippen LogP contribution in [0.25, 0.3) is 0 Å². The number of aryl methyl sites for hydroxylation is 2. The molecule has 1 aromatic carbocycles. The zero-order chi connectivity index (χ0) is 16.0. The van der Waals surface area contributed by atoms with Crippen LogP contribution in [-0.4, -0.2) is 4.32 Å². The second-order valence-corrected chi connectivity index (χ2v) is 9.31. The van der Waals surface area contributed by atoms with E-state index < -0.39 is 0 Å². The topological polar surface area (TPSA) is 0 Å². The largest absolute Gasteiger partial charge is 0.128 e. The lowest BCUT2D eigenvalue weighted by Gasteiger charge is -2.24. The first-order chi connectivity index (χ1) is 10.3. The number of hydrogen-bond donors (Lipinski definition) is 0. The van der Waals surface area contributed by atoms with Gasteiger partial charge in [-0.1, -0.05) is 48.8 Å². The average molecular weight is 358 g/mol. The molecule has 0 spiro atoms. The lowest BCUT2D eigenvalue weighted by atomic mass is 9.82. The maximum atomic E-state index is 3.92. The summed E-state index contributed by atoms with van der Waals surface area (Å²) in [5.74, 6) is 0. The predicted octanol–water partition coefficient (Wildman–Crippen LogP) is 6.01. The van der Waals surface area contributed by atoms with Gasteiger partial charge in [-0.2, -0.15) is 0 Å². The van der Waals surface area contributed by atoms with E-state index in [2.05, 4.69) is 80.4 Å². The molecule has 0 saturated carbocycles. The van der Waals surface area contributed by atoms with Gasteiger partial charge in [0.15, 0.2) is 0 Å². The molecular formula is C21H26Br+. The van der Waals surface area contributed by atoms with E-state index in [1.165, 1.54) is 27.8 Å². The molecule has 4 rings (SSSR count). The second kappa shape index (κ2) is 5.60. The van der Waals surface area contributed by atoms with Gasteiger partial charge in [-0.3, -0.25) is 0 Å². The molecule has 0 radical (unpaired) electrons. The van der Waals surface area contributed by atoms with Crippen LogP contribution in [0.15, 0.2) is 35.9 Å². The lowest BCUT2D eigenvalue weighted by molar-refractivity contribution is 0.587. The van der Waals surface area contributed by atoms with E-state index in [0.29, 0.717) is 0 Å². The fraction of sp³-hybridized carbons (Fsp3) is 0.476. The van der Waals surface area contributed by atoms with Crippen molar-refractivity contribution in [3.63, 3.8) is 0 Å². The van der Waals surface area contributed by atoms with E-state index in [1.807, 2.05) is 0 Å². The summed E-state index contributed by atoms with van der Waals surface area (Å²) in [5, 5.41) is 0. The van der Waals surface area contributed by atoms with Gasteiger partial charge in [-0.15, -0.1) is 0 Å². The number of fused-ring (bicyclic) bond motifs is 3. The Bertz CT molecular complexity index is 643. The molecule has 0 nitrogen and oxygen atoms in total. The summed E-state index contributed by atoms with van der Waals surface area (Å²) < 4.78 is 0.0329. The Kier molecular flexibility index (Phi) is 4.05. The molecule has 1 unspecified atom stereocenters. The smallest absolute Gasteiger partial charge is 0.0561 e. The second-order valence-electron chi connectivity index (χ2n) is 7.84. The highest BCUT2D eigenvalue weighted by molar-refractivity contribution is 9.10. The maximum Gasteiger partial charge on any atom is 0.128 e. The van der Waals surface area contributed by atoms with E-state index in [-0.39, 0.29) is 9.74 Å². The van der Waals surface area contributed by atoms with Gasteiger partial charge in [-0.05, 0) is 59.9 Å². The number of hydrogen-bond acceptors (Lipinski definition) is 0. The molecule has 0 N–H and O–H groups in total. The molecule has 116 valence electrons. The number of allylic oxidation sites excluding steroid dienone is 4. The Morgan fingerprint density at radius 2 is 1.77 bits per heavy atom. The molecule has 0 aromatic heterocycles. The monoisotopic (exact) mass is 357 g/mol. The molecule has 4 bridgehead atoms. The van der Waals surface area contributed by atoms with Crippen LogP contribution in [0.5, 0.6) is 0 Å².